The molecule has 0 bridgehead atoms. The van der Waals surface area contributed by atoms with Gasteiger partial charge in [-0.2, -0.15) is 0 Å². The van der Waals surface area contributed by atoms with Crippen molar-refractivity contribution < 1.29 is 9.53 Å². The van der Waals surface area contributed by atoms with Crippen LogP contribution in [0, 0.1) is 5.92 Å². The summed E-state index contributed by atoms with van der Waals surface area (Å²) in [5, 5.41) is 3.05. The summed E-state index contributed by atoms with van der Waals surface area (Å²) in [5.41, 5.74) is 4.42. The van der Waals surface area contributed by atoms with Gasteiger partial charge in [0, 0.05) is 44.8 Å². The Bertz CT molecular complexity index is 829. The van der Waals surface area contributed by atoms with Crippen LogP contribution in [0.4, 0.5) is 0 Å². The van der Waals surface area contributed by atoms with E-state index in [1.165, 1.54) is 37.1 Å². The second-order valence-electron chi connectivity index (χ2n) is 9.07. The molecule has 2 aliphatic rings. The molecular weight excluding hydrogens is 386 g/mol. The van der Waals surface area contributed by atoms with Gasteiger partial charge in [0.15, 0.2) is 0 Å². The second-order valence-corrected chi connectivity index (χ2v) is 9.07. The number of carbonyl (C=O) groups is 1. The number of ether oxygens (including phenoxy) is 1. The number of hydrogen-bond donors (Lipinski definition) is 1. The monoisotopic (exact) mass is 421 g/mol. The first kappa shape index (κ1) is 22.0. The van der Waals surface area contributed by atoms with Gasteiger partial charge in [-0.25, -0.2) is 0 Å². The number of likely N-dealkylation sites (tertiary alicyclic amines) is 1. The van der Waals surface area contributed by atoms with Gasteiger partial charge in [-0.15, -0.1) is 0 Å². The second kappa shape index (κ2) is 10.9. The minimum Gasteiger partial charge on any atom is -0.379 e. The quantitative estimate of drug-likeness (QED) is 0.741. The predicted octanol–water partition coefficient (Wildman–Crippen LogP) is 3.68. The number of rotatable bonds is 7. The molecule has 0 saturated carbocycles. The van der Waals surface area contributed by atoms with E-state index in [1.54, 1.807) is 0 Å². The van der Waals surface area contributed by atoms with Crippen molar-refractivity contribution in [2.75, 3.05) is 39.4 Å². The van der Waals surface area contributed by atoms with Gasteiger partial charge in [-0.3, -0.25) is 14.6 Å². The Morgan fingerprint density at radius 2 is 1.52 bits per heavy atom. The van der Waals surface area contributed by atoms with Crippen molar-refractivity contribution in [1.29, 1.82) is 0 Å². The average molecular weight is 422 g/mol. The minimum atomic E-state index is -0.0238. The number of carbonyl (C=O) groups excluding carboxylic acids is 1. The van der Waals surface area contributed by atoms with Gasteiger partial charge in [-0.05, 0) is 54.1 Å². The van der Waals surface area contributed by atoms with Crippen LogP contribution >= 0.6 is 0 Å². The molecule has 2 aliphatic heterocycles. The maximum atomic E-state index is 12.5. The molecule has 0 spiro atoms. The van der Waals surface area contributed by atoms with Gasteiger partial charge in [0.1, 0.15) is 0 Å². The van der Waals surface area contributed by atoms with Crippen LogP contribution in [0.1, 0.15) is 46.8 Å². The zero-order chi connectivity index (χ0) is 21.5. The van der Waals surface area contributed by atoms with E-state index in [0.29, 0.717) is 12.1 Å². The number of nitrogens with zero attached hydrogens (tertiary/aromatic N) is 2. The third kappa shape index (κ3) is 6.63. The highest BCUT2D eigenvalue weighted by Crippen LogP contribution is 2.18. The van der Waals surface area contributed by atoms with Crippen LogP contribution in [0.2, 0.25) is 0 Å². The molecule has 1 N–H and O–H groups in total. The van der Waals surface area contributed by atoms with E-state index >= 15 is 0 Å². The fourth-order valence-corrected chi connectivity index (χ4v) is 4.51. The summed E-state index contributed by atoms with van der Waals surface area (Å²) in [5.74, 6) is 0.779. The van der Waals surface area contributed by atoms with Gasteiger partial charge >= 0.3 is 0 Å². The van der Waals surface area contributed by atoms with E-state index in [-0.39, 0.29) is 5.91 Å². The molecule has 5 heteroatoms. The van der Waals surface area contributed by atoms with Gasteiger partial charge in [0.25, 0.3) is 5.91 Å². The lowest BCUT2D eigenvalue weighted by Crippen LogP contribution is -2.35. The third-order valence-electron chi connectivity index (χ3n) is 6.35. The summed E-state index contributed by atoms with van der Waals surface area (Å²) in [6.45, 7) is 10.8. The van der Waals surface area contributed by atoms with Gasteiger partial charge < -0.3 is 10.1 Å². The number of hydrogen-bond acceptors (Lipinski definition) is 4. The lowest BCUT2D eigenvalue weighted by molar-refractivity contribution is 0.0342. The number of amides is 1. The maximum absolute atomic E-state index is 12.5. The number of piperidine rings is 1. The molecule has 2 aromatic rings. The molecule has 0 radical (unpaired) electrons. The molecule has 2 fully saturated rings. The van der Waals surface area contributed by atoms with Crippen molar-refractivity contribution in [1.82, 2.24) is 15.1 Å². The van der Waals surface area contributed by atoms with Crippen molar-refractivity contribution in [2.45, 2.75) is 39.4 Å². The average Bonchev–Trinajstić information content (AvgIpc) is 2.80. The molecule has 0 aromatic heterocycles. The molecule has 0 aliphatic carbocycles. The number of benzene rings is 2. The lowest BCUT2D eigenvalue weighted by atomic mass is 9.99. The van der Waals surface area contributed by atoms with Crippen molar-refractivity contribution in [3.63, 3.8) is 0 Å². The number of nitrogens with one attached hydrogen (secondary N) is 1. The Kier molecular flexibility index (Phi) is 7.73. The van der Waals surface area contributed by atoms with E-state index in [2.05, 4.69) is 58.4 Å². The predicted molar refractivity (Wildman–Crippen MR) is 124 cm³/mol. The van der Waals surface area contributed by atoms with E-state index in [1.807, 2.05) is 12.1 Å². The van der Waals surface area contributed by atoms with Crippen LogP contribution in [0.3, 0.4) is 0 Å². The van der Waals surface area contributed by atoms with E-state index in [0.717, 1.165) is 50.9 Å². The molecule has 166 valence electrons. The van der Waals surface area contributed by atoms with E-state index in [9.17, 15) is 4.79 Å². The highest BCUT2D eigenvalue weighted by molar-refractivity contribution is 5.94. The minimum absolute atomic E-state index is 0.0238. The smallest absolute Gasteiger partial charge is 0.251 e. The first-order valence-electron chi connectivity index (χ1n) is 11.6. The third-order valence-corrected chi connectivity index (χ3v) is 6.35. The Morgan fingerprint density at radius 3 is 2.19 bits per heavy atom. The van der Waals surface area contributed by atoms with E-state index < -0.39 is 0 Å². The Labute approximate surface area is 186 Å². The van der Waals surface area contributed by atoms with Gasteiger partial charge in [0.2, 0.25) is 0 Å². The summed E-state index contributed by atoms with van der Waals surface area (Å²) >= 11 is 0. The molecule has 2 aromatic carbocycles. The Balaban J connectivity index is 1.23. The molecule has 2 saturated heterocycles. The van der Waals surface area contributed by atoms with Crippen molar-refractivity contribution in [2.24, 2.45) is 5.92 Å². The van der Waals surface area contributed by atoms with Crippen LogP contribution in [0.5, 0.6) is 0 Å². The zero-order valence-corrected chi connectivity index (χ0v) is 18.7. The van der Waals surface area contributed by atoms with Crippen molar-refractivity contribution >= 4 is 5.91 Å². The summed E-state index contributed by atoms with van der Waals surface area (Å²) in [6.07, 6.45) is 2.66. The molecule has 1 atom stereocenters. The summed E-state index contributed by atoms with van der Waals surface area (Å²) in [7, 11) is 0. The normalized spacial score (nSPS) is 20.5. The molecule has 1 amide bonds. The highest BCUT2D eigenvalue weighted by atomic mass is 16.5. The Morgan fingerprint density at radius 1 is 0.903 bits per heavy atom. The van der Waals surface area contributed by atoms with Crippen LogP contribution in [-0.4, -0.2) is 55.1 Å². The Hall–Kier alpha value is -2.21. The largest absolute Gasteiger partial charge is 0.379 e. The molecule has 1 unspecified atom stereocenters. The first-order valence-corrected chi connectivity index (χ1v) is 11.6. The zero-order valence-electron chi connectivity index (χ0n) is 18.7. The summed E-state index contributed by atoms with van der Waals surface area (Å²) in [4.78, 5) is 17.5. The van der Waals surface area contributed by atoms with Crippen LogP contribution in [-0.2, 0) is 24.4 Å². The van der Waals surface area contributed by atoms with Gasteiger partial charge in [-0.1, -0.05) is 43.3 Å². The first-order chi connectivity index (χ1) is 15.2. The topological polar surface area (TPSA) is 44.8 Å². The van der Waals surface area contributed by atoms with Crippen LogP contribution in [0.15, 0.2) is 48.5 Å². The standard InChI is InChI=1S/C26H35N3O2/c1-21-3-2-12-29(18-21)20-23-6-4-22(5-7-23)17-27-26(30)25-10-8-24(9-11-25)19-28-13-15-31-16-14-28/h4-11,21H,2-3,12-20H2,1H3,(H,27,30). The summed E-state index contributed by atoms with van der Waals surface area (Å²) < 4.78 is 5.40. The van der Waals surface area contributed by atoms with Gasteiger partial charge in [0.05, 0.1) is 13.2 Å². The van der Waals surface area contributed by atoms with Crippen LogP contribution in [0.25, 0.3) is 0 Å². The van der Waals surface area contributed by atoms with Crippen molar-refractivity contribution in [3.05, 3.63) is 70.8 Å². The maximum Gasteiger partial charge on any atom is 0.251 e. The molecular formula is C26H35N3O2. The fourth-order valence-electron chi connectivity index (χ4n) is 4.51. The van der Waals surface area contributed by atoms with Crippen LogP contribution < -0.4 is 5.32 Å². The van der Waals surface area contributed by atoms with E-state index in [4.69, 9.17) is 4.74 Å². The molecule has 2 heterocycles. The molecule has 5 nitrogen and oxygen atoms in total. The number of morpholine rings is 1. The highest BCUT2D eigenvalue weighted by Gasteiger charge is 2.16. The molecule has 4 rings (SSSR count). The lowest BCUT2D eigenvalue weighted by Gasteiger charge is -2.30. The SMILES string of the molecule is CC1CCCN(Cc2ccc(CNC(=O)c3ccc(CN4CCOCC4)cc3)cc2)C1. The molecule has 31 heavy (non-hydrogen) atoms. The van der Waals surface area contributed by atoms with Crippen molar-refractivity contribution in [3.8, 4) is 0 Å². The summed E-state index contributed by atoms with van der Waals surface area (Å²) in [6, 6.07) is 16.6. The fraction of sp³-hybridized carbons (Fsp3) is 0.500.